The first-order valence-corrected chi connectivity index (χ1v) is 11.3. The highest BCUT2D eigenvalue weighted by molar-refractivity contribution is 5.97. The summed E-state index contributed by atoms with van der Waals surface area (Å²) >= 11 is 0. The number of benzene rings is 1. The number of hydrogen-bond acceptors (Lipinski definition) is 4. The van der Waals surface area contributed by atoms with Crippen molar-refractivity contribution in [2.45, 2.75) is 44.8 Å². The molecule has 2 heterocycles. The molecule has 0 radical (unpaired) electrons. The molecule has 0 spiro atoms. The van der Waals surface area contributed by atoms with Gasteiger partial charge in [-0.3, -0.25) is 9.78 Å². The van der Waals surface area contributed by atoms with Crippen molar-refractivity contribution in [3.8, 4) is 22.5 Å². The number of carbonyl (C=O) groups excluding carboxylic acids is 1. The maximum absolute atomic E-state index is 12.2. The van der Waals surface area contributed by atoms with Gasteiger partial charge in [-0.05, 0) is 62.6 Å². The maximum atomic E-state index is 12.2. The van der Waals surface area contributed by atoms with Crippen LogP contribution in [0.1, 0.15) is 47.3 Å². The first-order chi connectivity index (χ1) is 15.9. The molecule has 1 aliphatic carbocycles. The molecular formula is C27H30N4O2. The van der Waals surface area contributed by atoms with E-state index >= 15 is 0 Å². The predicted molar refractivity (Wildman–Crippen MR) is 132 cm³/mol. The van der Waals surface area contributed by atoms with Crippen LogP contribution in [0.25, 0.3) is 28.2 Å². The summed E-state index contributed by atoms with van der Waals surface area (Å²) in [6, 6.07) is 14.3. The number of carbonyl (C=O) groups is 1. The molecule has 2 aromatic heterocycles. The lowest BCUT2D eigenvalue weighted by Crippen LogP contribution is -2.33. The first kappa shape index (κ1) is 22.6. The molecule has 1 fully saturated rings. The highest BCUT2D eigenvalue weighted by atomic mass is 16.3. The van der Waals surface area contributed by atoms with Crippen LogP contribution in [0, 0.1) is 6.92 Å². The second kappa shape index (κ2) is 9.88. The molecule has 33 heavy (non-hydrogen) atoms. The number of aryl methyl sites for hydroxylation is 1. The van der Waals surface area contributed by atoms with Gasteiger partial charge in [-0.1, -0.05) is 37.4 Å². The lowest BCUT2D eigenvalue weighted by atomic mass is 9.92. The monoisotopic (exact) mass is 442 g/mol. The van der Waals surface area contributed by atoms with Crippen LogP contribution in [-0.4, -0.2) is 33.1 Å². The third kappa shape index (κ3) is 5.23. The summed E-state index contributed by atoms with van der Waals surface area (Å²) in [5.74, 6) is -0.187. The van der Waals surface area contributed by atoms with E-state index in [9.17, 15) is 9.90 Å². The molecule has 6 nitrogen and oxygen atoms in total. The SMILES string of the molecule is C=CNC(=O)c1cc(-c2ccnc(-c3ccc(C(=C)NC4CCC(O)CC4)cc3)c2)[nH]c1C. The van der Waals surface area contributed by atoms with E-state index in [0.29, 0.717) is 11.6 Å². The van der Waals surface area contributed by atoms with E-state index in [-0.39, 0.29) is 12.0 Å². The van der Waals surface area contributed by atoms with E-state index in [0.717, 1.165) is 65.2 Å². The Morgan fingerprint density at radius 3 is 2.55 bits per heavy atom. The van der Waals surface area contributed by atoms with Gasteiger partial charge in [-0.2, -0.15) is 0 Å². The zero-order chi connectivity index (χ0) is 23.4. The highest BCUT2D eigenvalue weighted by Crippen LogP contribution is 2.27. The molecule has 0 atom stereocenters. The van der Waals surface area contributed by atoms with E-state index in [1.807, 2.05) is 49.4 Å². The maximum Gasteiger partial charge on any atom is 0.257 e. The standard InChI is InChI=1S/C27H30N4O2/c1-4-28-27(33)24-16-26(31-18(24)3)21-13-14-29-25(15-21)20-7-5-19(6-8-20)17(2)30-22-9-11-23(32)12-10-22/h4-8,13-16,22-23,30-32H,1-2,9-12H2,3H3,(H,28,33). The molecule has 1 saturated carbocycles. The number of hydrogen-bond donors (Lipinski definition) is 4. The summed E-state index contributed by atoms with van der Waals surface area (Å²) in [5, 5.41) is 15.8. The van der Waals surface area contributed by atoms with Crippen molar-refractivity contribution >= 4 is 11.6 Å². The second-order valence-electron chi connectivity index (χ2n) is 8.53. The van der Waals surface area contributed by atoms with Crippen molar-refractivity contribution in [2.24, 2.45) is 0 Å². The number of nitrogens with one attached hydrogen (secondary N) is 3. The van der Waals surface area contributed by atoms with E-state index in [4.69, 9.17) is 0 Å². The lowest BCUT2D eigenvalue weighted by Gasteiger charge is -2.27. The normalized spacial score (nSPS) is 17.9. The van der Waals surface area contributed by atoms with Crippen LogP contribution in [0.3, 0.4) is 0 Å². The van der Waals surface area contributed by atoms with Crippen LogP contribution in [0.4, 0.5) is 0 Å². The van der Waals surface area contributed by atoms with Crippen LogP contribution < -0.4 is 10.6 Å². The number of aliphatic hydroxyl groups excluding tert-OH is 1. The number of amides is 1. The van der Waals surface area contributed by atoms with Gasteiger partial charge >= 0.3 is 0 Å². The minimum atomic E-state index is -0.187. The van der Waals surface area contributed by atoms with Gasteiger partial charge < -0.3 is 20.7 Å². The molecule has 0 bridgehead atoms. The zero-order valence-electron chi connectivity index (χ0n) is 18.9. The van der Waals surface area contributed by atoms with E-state index in [1.54, 1.807) is 6.20 Å². The van der Waals surface area contributed by atoms with E-state index < -0.39 is 0 Å². The first-order valence-electron chi connectivity index (χ1n) is 11.3. The summed E-state index contributed by atoms with van der Waals surface area (Å²) < 4.78 is 0. The van der Waals surface area contributed by atoms with Gasteiger partial charge in [0.2, 0.25) is 0 Å². The molecule has 1 amide bonds. The number of aliphatic hydroxyl groups is 1. The Balaban J connectivity index is 1.48. The van der Waals surface area contributed by atoms with Crippen LogP contribution in [0.15, 0.2) is 68.0 Å². The summed E-state index contributed by atoms with van der Waals surface area (Å²) in [6.07, 6.45) is 6.60. The molecule has 4 rings (SSSR count). The summed E-state index contributed by atoms with van der Waals surface area (Å²) in [6.45, 7) is 9.62. The second-order valence-corrected chi connectivity index (χ2v) is 8.53. The molecule has 3 aromatic rings. The Hall–Kier alpha value is -3.64. The van der Waals surface area contributed by atoms with Gasteiger partial charge in [-0.25, -0.2) is 0 Å². The van der Waals surface area contributed by atoms with Crippen molar-refractivity contribution in [2.75, 3.05) is 0 Å². The lowest BCUT2D eigenvalue weighted by molar-refractivity contribution is 0.0969. The fourth-order valence-corrected chi connectivity index (χ4v) is 4.27. The van der Waals surface area contributed by atoms with Crippen molar-refractivity contribution in [1.82, 2.24) is 20.6 Å². The number of rotatable bonds is 7. The van der Waals surface area contributed by atoms with Gasteiger partial charge in [0, 0.05) is 40.5 Å². The van der Waals surface area contributed by atoms with Crippen molar-refractivity contribution in [3.05, 3.63) is 84.8 Å². The number of pyridine rings is 1. The van der Waals surface area contributed by atoms with Crippen molar-refractivity contribution in [1.29, 1.82) is 0 Å². The van der Waals surface area contributed by atoms with Crippen LogP contribution in [0.2, 0.25) is 0 Å². The summed E-state index contributed by atoms with van der Waals surface area (Å²) in [7, 11) is 0. The summed E-state index contributed by atoms with van der Waals surface area (Å²) in [5.41, 5.74) is 6.99. The average molecular weight is 443 g/mol. The zero-order valence-corrected chi connectivity index (χ0v) is 18.9. The van der Waals surface area contributed by atoms with Crippen LogP contribution >= 0.6 is 0 Å². The number of aromatic amines is 1. The minimum Gasteiger partial charge on any atom is -0.393 e. The Kier molecular flexibility index (Phi) is 6.75. The minimum absolute atomic E-state index is 0.162. The van der Waals surface area contributed by atoms with Crippen molar-refractivity contribution in [3.63, 3.8) is 0 Å². The molecule has 0 saturated heterocycles. The number of H-pyrrole nitrogens is 1. The number of aromatic nitrogens is 2. The van der Waals surface area contributed by atoms with Gasteiger partial charge in [0.05, 0.1) is 17.4 Å². The molecule has 4 N–H and O–H groups in total. The Labute approximate surface area is 194 Å². The third-order valence-corrected chi connectivity index (χ3v) is 6.17. The topological polar surface area (TPSA) is 90.0 Å². The Bertz CT molecular complexity index is 1160. The smallest absolute Gasteiger partial charge is 0.257 e. The molecule has 0 unspecified atom stereocenters. The van der Waals surface area contributed by atoms with Crippen LogP contribution in [0.5, 0.6) is 0 Å². The van der Waals surface area contributed by atoms with Gasteiger partial charge in [0.1, 0.15) is 0 Å². The Morgan fingerprint density at radius 1 is 1.12 bits per heavy atom. The van der Waals surface area contributed by atoms with E-state index in [2.05, 4.69) is 33.8 Å². The fourth-order valence-electron chi connectivity index (χ4n) is 4.27. The largest absolute Gasteiger partial charge is 0.393 e. The molecule has 6 heteroatoms. The molecule has 170 valence electrons. The van der Waals surface area contributed by atoms with Gasteiger partial charge in [0.25, 0.3) is 5.91 Å². The van der Waals surface area contributed by atoms with E-state index in [1.165, 1.54) is 6.20 Å². The van der Waals surface area contributed by atoms with Crippen LogP contribution in [-0.2, 0) is 0 Å². The molecular weight excluding hydrogens is 412 g/mol. The average Bonchev–Trinajstić information content (AvgIpc) is 3.23. The number of nitrogens with zero attached hydrogens (tertiary/aromatic N) is 1. The quantitative estimate of drug-likeness (QED) is 0.424. The Morgan fingerprint density at radius 2 is 1.85 bits per heavy atom. The van der Waals surface area contributed by atoms with Gasteiger partial charge in [-0.15, -0.1) is 0 Å². The van der Waals surface area contributed by atoms with Gasteiger partial charge in [0.15, 0.2) is 0 Å². The predicted octanol–water partition coefficient (Wildman–Crippen LogP) is 4.79. The molecule has 1 aromatic carbocycles. The fraction of sp³-hybridized carbons (Fsp3) is 0.259. The highest BCUT2D eigenvalue weighted by Gasteiger charge is 2.19. The summed E-state index contributed by atoms with van der Waals surface area (Å²) in [4.78, 5) is 20.0. The van der Waals surface area contributed by atoms with Crippen molar-refractivity contribution < 1.29 is 9.90 Å². The molecule has 0 aliphatic heterocycles. The third-order valence-electron chi connectivity index (χ3n) is 6.17. The molecule has 1 aliphatic rings.